The lowest BCUT2D eigenvalue weighted by Crippen LogP contribution is -2.67. The Balaban J connectivity index is 1.24. The van der Waals surface area contributed by atoms with Crippen LogP contribution < -0.4 is 0 Å². The minimum absolute atomic E-state index is 0.0533. The van der Waals surface area contributed by atoms with E-state index in [1.165, 1.54) is 5.57 Å². The quantitative estimate of drug-likeness (QED) is 0.378. The standard InChI is InChI=1S/C41H54O6/c1-25-23-46-36(26(25)2)37(43)39(4,44)34-15-18-41-32-21-33(42)31-20-30(45-24-29(13-9-19-47-41)27-10-6-5-7-11-27)14-17-38(31,3)35(32)28-12-8-16-40(34,41)22-28/h5-7,10-11,21,25-26,28-31,34-37,43-44H,8,12,14-20,22-24H2,1-4H3/t25-,26+,28-,29+,30-,31-,34+,35-,36-,37+,38-,39-,40+,41+/m0/s1. The van der Waals surface area contributed by atoms with Crippen LogP contribution in [0.2, 0.25) is 0 Å². The second-order valence-corrected chi connectivity index (χ2v) is 17.1. The number of ketones is 1. The normalized spacial score (nSPS) is 47.7. The van der Waals surface area contributed by atoms with E-state index >= 15 is 0 Å². The molecule has 1 aromatic rings. The highest BCUT2D eigenvalue weighted by Gasteiger charge is 2.74. The molecule has 254 valence electrons. The maximum atomic E-state index is 14.4. The molecule has 2 N–H and O–H groups in total. The Labute approximate surface area is 281 Å². The van der Waals surface area contributed by atoms with Gasteiger partial charge in [0.15, 0.2) is 5.78 Å². The third-order valence-electron chi connectivity index (χ3n) is 15.0. The largest absolute Gasteiger partial charge is 0.387 e. The molecule has 5 fully saturated rings. The van der Waals surface area contributed by atoms with E-state index in [4.69, 9.17) is 14.2 Å². The van der Waals surface area contributed by atoms with Crippen LogP contribution >= 0.6 is 0 Å². The number of carbonyl (C=O) groups is 1. The van der Waals surface area contributed by atoms with Crippen LogP contribution in [0.15, 0.2) is 42.0 Å². The van der Waals surface area contributed by atoms with Gasteiger partial charge in [0.25, 0.3) is 0 Å². The third kappa shape index (κ3) is 4.66. The SMILES string of the molecule is C[C@H]1[C@@H]([C@@H](O)[C@@](C)(O)[C@H]2CC[C@@]34OCC#C[C@@H](c5ccccc5)CO[C@H]5CC[C@]6(C)[C@H](C3=CC(=O)[C@@H]6C5)[C@H]3CCC[C@@]24C3)OC[C@@H]1C. The molecule has 8 aliphatic rings. The number of fused-ring (bicyclic) bond motifs is 8. The summed E-state index contributed by atoms with van der Waals surface area (Å²) in [5.41, 5.74) is -0.284. The fourth-order valence-corrected chi connectivity index (χ4v) is 12.4. The second-order valence-electron chi connectivity index (χ2n) is 17.1. The molecule has 6 nitrogen and oxygen atoms in total. The number of allylic oxidation sites excluding steroid dienone is 1. The van der Waals surface area contributed by atoms with Gasteiger partial charge in [0.05, 0.1) is 35.9 Å². The van der Waals surface area contributed by atoms with Gasteiger partial charge < -0.3 is 24.4 Å². The van der Waals surface area contributed by atoms with Gasteiger partial charge in [-0.3, -0.25) is 4.79 Å². The highest BCUT2D eigenvalue weighted by Crippen LogP contribution is 2.74. The molecule has 1 saturated heterocycles. The first-order valence-electron chi connectivity index (χ1n) is 18.6. The Morgan fingerprint density at radius 1 is 1.04 bits per heavy atom. The smallest absolute Gasteiger partial charge is 0.159 e. The number of hydrogen-bond donors (Lipinski definition) is 2. The Bertz CT molecular complexity index is 1470. The van der Waals surface area contributed by atoms with Crippen LogP contribution in [0, 0.1) is 58.2 Å². The summed E-state index contributed by atoms with van der Waals surface area (Å²) >= 11 is 0. The Morgan fingerprint density at radius 2 is 1.85 bits per heavy atom. The molecular formula is C41H54O6. The lowest BCUT2D eigenvalue weighted by Gasteiger charge is -2.66. The fraction of sp³-hybridized carbons (Fsp3) is 0.732. The topological polar surface area (TPSA) is 85.2 Å². The Hall–Kier alpha value is -2.01. The maximum Gasteiger partial charge on any atom is 0.159 e. The van der Waals surface area contributed by atoms with Gasteiger partial charge in [-0.2, -0.15) is 0 Å². The highest BCUT2D eigenvalue weighted by molar-refractivity contribution is 5.95. The lowest BCUT2D eigenvalue weighted by molar-refractivity contribution is -0.223. The second kappa shape index (κ2) is 11.5. The first-order chi connectivity index (χ1) is 22.5. The highest BCUT2D eigenvalue weighted by atomic mass is 16.5. The van der Waals surface area contributed by atoms with Crippen molar-refractivity contribution in [2.24, 2.45) is 46.3 Å². The maximum absolute atomic E-state index is 14.4. The Kier molecular flexibility index (Phi) is 7.90. The molecule has 0 unspecified atom stereocenters. The molecule has 0 aromatic heterocycles. The van der Waals surface area contributed by atoms with Crippen molar-refractivity contribution < 1.29 is 29.2 Å². The van der Waals surface area contributed by atoms with Gasteiger partial charge in [0.1, 0.15) is 12.7 Å². The van der Waals surface area contributed by atoms with Crippen molar-refractivity contribution in [2.45, 2.75) is 121 Å². The van der Waals surface area contributed by atoms with E-state index in [0.29, 0.717) is 25.0 Å². The molecule has 8 bridgehead atoms. The van der Waals surface area contributed by atoms with Crippen LogP contribution in [-0.2, 0) is 19.0 Å². The van der Waals surface area contributed by atoms with Crippen LogP contribution in [0.5, 0.6) is 0 Å². The van der Waals surface area contributed by atoms with Gasteiger partial charge in [-0.1, -0.05) is 69.4 Å². The number of carbonyl (C=O) groups excluding carboxylic acids is 1. The molecule has 3 heterocycles. The summed E-state index contributed by atoms with van der Waals surface area (Å²) in [4.78, 5) is 14.4. The van der Waals surface area contributed by atoms with Crippen LogP contribution in [0.1, 0.15) is 97.0 Å². The zero-order valence-electron chi connectivity index (χ0n) is 28.8. The summed E-state index contributed by atoms with van der Waals surface area (Å²) in [5.74, 6) is 8.04. The molecule has 47 heavy (non-hydrogen) atoms. The number of benzene rings is 1. The van der Waals surface area contributed by atoms with Crippen molar-refractivity contribution in [2.75, 3.05) is 19.8 Å². The summed E-state index contributed by atoms with van der Waals surface area (Å²) < 4.78 is 20.0. The summed E-state index contributed by atoms with van der Waals surface area (Å²) in [6.45, 7) is 9.92. The number of aliphatic hydroxyl groups is 2. The van der Waals surface area contributed by atoms with Gasteiger partial charge in [-0.05, 0) is 111 Å². The first kappa shape index (κ1) is 32.2. The molecule has 0 radical (unpaired) electrons. The Morgan fingerprint density at radius 3 is 2.62 bits per heavy atom. The average Bonchev–Trinajstić information content (AvgIpc) is 3.56. The van der Waals surface area contributed by atoms with Crippen molar-refractivity contribution in [3.8, 4) is 11.8 Å². The van der Waals surface area contributed by atoms with E-state index in [2.05, 4.69) is 56.9 Å². The number of ether oxygens (including phenoxy) is 3. The monoisotopic (exact) mass is 642 g/mol. The lowest BCUT2D eigenvalue weighted by atomic mass is 9.40. The summed E-state index contributed by atoms with van der Waals surface area (Å²) in [6, 6.07) is 10.4. The van der Waals surface area contributed by atoms with Crippen LogP contribution in [0.4, 0.5) is 0 Å². The molecule has 9 rings (SSSR count). The molecule has 2 spiro atoms. The fourth-order valence-electron chi connectivity index (χ4n) is 12.4. The van der Waals surface area contributed by atoms with Crippen molar-refractivity contribution in [3.05, 3.63) is 47.5 Å². The number of hydrogen-bond acceptors (Lipinski definition) is 6. The van der Waals surface area contributed by atoms with Crippen LogP contribution in [-0.4, -0.2) is 65.3 Å². The first-order valence-corrected chi connectivity index (χ1v) is 18.6. The number of rotatable bonds is 4. The minimum atomic E-state index is -1.37. The van der Waals surface area contributed by atoms with Gasteiger partial charge in [-0.25, -0.2) is 0 Å². The van der Waals surface area contributed by atoms with E-state index in [9.17, 15) is 15.0 Å². The zero-order valence-corrected chi connectivity index (χ0v) is 28.8. The van der Waals surface area contributed by atoms with Gasteiger partial charge in [-0.15, -0.1) is 0 Å². The molecule has 0 amide bonds. The third-order valence-corrected chi connectivity index (χ3v) is 15.0. The van der Waals surface area contributed by atoms with E-state index < -0.39 is 28.8 Å². The predicted molar refractivity (Wildman–Crippen MR) is 179 cm³/mol. The molecule has 4 saturated carbocycles. The average molecular weight is 643 g/mol. The predicted octanol–water partition coefficient (Wildman–Crippen LogP) is 6.24. The van der Waals surface area contributed by atoms with Crippen molar-refractivity contribution in [1.82, 2.24) is 0 Å². The molecular weight excluding hydrogens is 588 g/mol. The van der Waals surface area contributed by atoms with Crippen LogP contribution in [0.25, 0.3) is 0 Å². The van der Waals surface area contributed by atoms with Crippen molar-refractivity contribution in [3.63, 3.8) is 0 Å². The summed E-state index contributed by atoms with van der Waals surface area (Å²) in [5, 5.41) is 24.5. The van der Waals surface area contributed by atoms with E-state index in [0.717, 1.165) is 63.4 Å². The zero-order chi connectivity index (χ0) is 32.8. The molecule has 14 atom stereocenters. The minimum Gasteiger partial charge on any atom is -0.387 e. The van der Waals surface area contributed by atoms with Gasteiger partial charge in [0.2, 0.25) is 0 Å². The molecule has 3 aliphatic heterocycles. The van der Waals surface area contributed by atoms with E-state index in [1.54, 1.807) is 0 Å². The number of aliphatic hydroxyl groups excluding tert-OH is 1. The van der Waals surface area contributed by atoms with Crippen molar-refractivity contribution >= 4 is 5.78 Å². The summed E-state index contributed by atoms with van der Waals surface area (Å²) in [7, 11) is 0. The van der Waals surface area contributed by atoms with Gasteiger partial charge >= 0.3 is 0 Å². The van der Waals surface area contributed by atoms with Crippen LogP contribution in [0.3, 0.4) is 0 Å². The van der Waals surface area contributed by atoms with Gasteiger partial charge in [0, 0.05) is 17.9 Å². The summed E-state index contributed by atoms with van der Waals surface area (Å²) in [6.07, 6.45) is 8.88. The molecule has 1 aromatic carbocycles. The van der Waals surface area contributed by atoms with E-state index in [-0.39, 0.29) is 53.5 Å². The van der Waals surface area contributed by atoms with Crippen molar-refractivity contribution in [1.29, 1.82) is 0 Å². The van der Waals surface area contributed by atoms with E-state index in [1.807, 2.05) is 19.1 Å². The molecule has 6 heteroatoms. The molecule has 5 aliphatic carbocycles.